The fraction of sp³-hybridized carbons (Fsp3) is 0.179. The number of methoxy groups -OCH3 is 1. The number of fused-ring (bicyclic) bond motifs is 1. The molecule has 1 saturated heterocycles. The minimum absolute atomic E-state index is 0.0987. The molecule has 180 valence electrons. The van der Waals surface area contributed by atoms with Gasteiger partial charge in [0.1, 0.15) is 11.6 Å². The van der Waals surface area contributed by atoms with E-state index in [4.69, 9.17) is 14.8 Å². The maximum Gasteiger partial charge on any atom is 0.254 e. The lowest BCUT2D eigenvalue weighted by molar-refractivity contribution is 0.0747. The number of anilines is 1. The molecule has 0 aliphatic carbocycles. The van der Waals surface area contributed by atoms with Crippen molar-refractivity contribution < 1.29 is 9.53 Å². The molecule has 0 saturated carbocycles. The summed E-state index contributed by atoms with van der Waals surface area (Å²) in [4.78, 5) is 22.0. The lowest BCUT2D eigenvalue weighted by Crippen LogP contribution is -2.49. The molecule has 0 bridgehead atoms. The van der Waals surface area contributed by atoms with Gasteiger partial charge in [0.05, 0.1) is 24.1 Å². The van der Waals surface area contributed by atoms with Crippen molar-refractivity contribution in [1.29, 1.82) is 0 Å². The summed E-state index contributed by atoms with van der Waals surface area (Å²) in [6, 6.07) is 24.1. The third-order valence-electron chi connectivity index (χ3n) is 6.52. The SMILES string of the molecule is COc1ccc(-c2cc3nc(-c4ccccc4)cc(N4CCN(C(=O)c5ccsc5)CC4)n3n2)cc1. The molecule has 3 aromatic heterocycles. The Hall–Kier alpha value is -4.17. The topological polar surface area (TPSA) is 63.0 Å². The van der Waals surface area contributed by atoms with E-state index in [1.54, 1.807) is 18.4 Å². The highest BCUT2D eigenvalue weighted by atomic mass is 32.1. The minimum atomic E-state index is 0.0987. The minimum Gasteiger partial charge on any atom is -0.497 e. The summed E-state index contributed by atoms with van der Waals surface area (Å²) in [5.41, 5.74) is 5.36. The highest BCUT2D eigenvalue weighted by Crippen LogP contribution is 2.29. The number of thiophene rings is 1. The molecule has 7 nitrogen and oxygen atoms in total. The van der Waals surface area contributed by atoms with E-state index < -0.39 is 0 Å². The van der Waals surface area contributed by atoms with Gasteiger partial charge in [-0.05, 0) is 35.7 Å². The van der Waals surface area contributed by atoms with Crippen molar-refractivity contribution in [2.75, 3.05) is 38.2 Å². The van der Waals surface area contributed by atoms with Gasteiger partial charge in [-0.25, -0.2) is 4.98 Å². The Labute approximate surface area is 213 Å². The van der Waals surface area contributed by atoms with Crippen molar-refractivity contribution in [3.05, 3.63) is 89.1 Å². The Morgan fingerprint density at radius 3 is 2.33 bits per heavy atom. The standard InChI is InChI=1S/C28H25N5O2S/c1-35-23-9-7-21(8-10-23)25-17-26-29-24(20-5-3-2-4-6-20)18-27(33(26)30-25)31-12-14-32(15-13-31)28(34)22-11-16-36-19-22/h2-11,16-19H,12-15H2,1H3. The van der Waals surface area contributed by atoms with Gasteiger partial charge >= 0.3 is 0 Å². The molecule has 0 unspecified atom stereocenters. The zero-order valence-corrected chi connectivity index (χ0v) is 20.7. The average molecular weight is 496 g/mol. The van der Waals surface area contributed by atoms with Gasteiger partial charge in [0.2, 0.25) is 0 Å². The van der Waals surface area contributed by atoms with Gasteiger partial charge in [-0.15, -0.1) is 0 Å². The summed E-state index contributed by atoms with van der Waals surface area (Å²) in [6.07, 6.45) is 0. The third-order valence-corrected chi connectivity index (χ3v) is 7.21. The number of hydrogen-bond acceptors (Lipinski definition) is 6. The van der Waals surface area contributed by atoms with E-state index in [1.807, 2.05) is 74.8 Å². The molecule has 36 heavy (non-hydrogen) atoms. The van der Waals surface area contributed by atoms with Crippen LogP contribution in [0.15, 0.2) is 83.6 Å². The molecule has 1 amide bonds. The molecule has 0 N–H and O–H groups in total. The van der Waals surface area contributed by atoms with Crippen LogP contribution in [0.3, 0.4) is 0 Å². The second-order valence-corrected chi connectivity index (χ2v) is 9.46. The number of carbonyl (C=O) groups is 1. The average Bonchev–Trinajstić information content (AvgIpc) is 3.63. The molecule has 0 spiro atoms. The molecule has 0 atom stereocenters. The quantitative estimate of drug-likeness (QED) is 0.340. The first-order valence-electron chi connectivity index (χ1n) is 11.9. The number of piperazine rings is 1. The summed E-state index contributed by atoms with van der Waals surface area (Å²) < 4.78 is 7.22. The van der Waals surface area contributed by atoms with Crippen molar-refractivity contribution >= 4 is 28.7 Å². The molecule has 1 aliphatic heterocycles. The predicted molar refractivity (Wildman–Crippen MR) is 143 cm³/mol. The first-order chi connectivity index (χ1) is 17.7. The van der Waals surface area contributed by atoms with Crippen LogP contribution in [0, 0.1) is 0 Å². The van der Waals surface area contributed by atoms with Crippen LogP contribution < -0.4 is 9.64 Å². The second kappa shape index (κ2) is 9.47. The van der Waals surface area contributed by atoms with E-state index in [1.165, 1.54) is 0 Å². The summed E-state index contributed by atoms with van der Waals surface area (Å²) >= 11 is 1.55. The third kappa shape index (κ3) is 4.20. The number of aromatic nitrogens is 3. The lowest BCUT2D eigenvalue weighted by Gasteiger charge is -2.36. The molecule has 6 rings (SSSR count). The number of rotatable bonds is 5. The fourth-order valence-electron chi connectivity index (χ4n) is 4.55. The Balaban J connectivity index is 1.36. The van der Waals surface area contributed by atoms with Gasteiger partial charge in [-0.2, -0.15) is 21.0 Å². The first-order valence-corrected chi connectivity index (χ1v) is 12.8. The van der Waals surface area contributed by atoms with Gasteiger partial charge in [0.15, 0.2) is 5.65 Å². The van der Waals surface area contributed by atoms with Gasteiger partial charge in [0.25, 0.3) is 5.91 Å². The number of carbonyl (C=O) groups excluding carboxylic acids is 1. The van der Waals surface area contributed by atoms with E-state index >= 15 is 0 Å². The Morgan fingerprint density at radius 1 is 0.889 bits per heavy atom. The smallest absolute Gasteiger partial charge is 0.254 e. The number of amides is 1. The van der Waals surface area contributed by atoms with Crippen molar-refractivity contribution in [3.63, 3.8) is 0 Å². The highest BCUT2D eigenvalue weighted by Gasteiger charge is 2.25. The van der Waals surface area contributed by atoms with Crippen LogP contribution in [0.2, 0.25) is 0 Å². The molecule has 2 aromatic carbocycles. The predicted octanol–water partition coefficient (Wildman–Crippen LogP) is 5.10. The first kappa shape index (κ1) is 22.3. The van der Waals surface area contributed by atoms with Crippen LogP contribution >= 0.6 is 11.3 Å². The Kier molecular flexibility index (Phi) is 5.87. The van der Waals surface area contributed by atoms with Gasteiger partial charge in [-0.3, -0.25) is 4.79 Å². The van der Waals surface area contributed by atoms with Crippen LogP contribution in [0.4, 0.5) is 5.82 Å². The number of hydrogen-bond donors (Lipinski definition) is 0. The summed E-state index contributed by atoms with van der Waals surface area (Å²) in [7, 11) is 1.66. The number of nitrogens with zero attached hydrogens (tertiary/aromatic N) is 5. The zero-order chi connectivity index (χ0) is 24.5. The number of benzene rings is 2. The van der Waals surface area contributed by atoms with Gasteiger partial charge in [0, 0.05) is 54.8 Å². The highest BCUT2D eigenvalue weighted by molar-refractivity contribution is 7.08. The van der Waals surface area contributed by atoms with E-state index in [-0.39, 0.29) is 5.91 Å². The zero-order valence-electron chi connectivity index (χ0n) is 19.9. The molecule has 0 radical (unpaired) electrons. The second-order valence-electron chi connectivity index (χ2n) is 8.68. The summed E-state index contributed by atoms with van der Waals surface area (Å²) in [5.74, 6) is 1.88. The van der Waals surface area contributed by atoms with E-state index in [0.29, 0.717) is 13.1 Å². The maximum atomic E-state index is 12.8. The molecule has 8 heteroatoms. The lowest BCUT2D eigenvalue weighted by atomic mass is 10.1. The van der Waals surface area contributed by atoms with Crippen LogP contribution in [-0.2, 0) is 0 Å². The van der Waals surface area contributed by atoms with Gasteiger partial charge < -0.3 is 14.5 Å². The van der Waals surface area contributed by atoms with Crippen LogP contribution in [0.25, 0.3) is 28.2 Å². The number of ether oxygens (including phenoxy) is 1. The molecule has 5 aromatic rings. The van der Waals surface area contributed by atoms with Crippen LogP contribution in [0.5, 0.6) is 5.75 Å². The van der Waals surface area contributed by atoms with Crippen molar-refractivity contribution in [2.45, 2.75) is 0 Å². The monoisotopic (exact) mass is 495 g/mol. The molecule has 1 fully saturated rings. The van der Waals surface area contributed by atoms with Crippen LogP contribution in [0.1, 0.15) is 10.4 Å². The van der Waals surface area contributed by atoms with Gasteiger partial charge in [-0.1, -0.05) is 30.3 Å². The van der Waals surface area contributed by atoms with E-state index in [9.17, 15) is 4.79 Å². The molecule has 4 heterocycles. The fourth-order valence-corrected chi connectivity index (χ4v) is 5.18. The van der Waals surface area contributed by atoms with Crippen LogP contribution in [-0.4, -0.2) is 58.7 Å². The van der Waals surface area contributed by atoms with E-state index in [2.05, 4.69) is 23.1 Å². The van der Waals surface area contributed by atoms with Crippen molar-refractivity contribution in [1.82, 2.24) is 19.5 Å². The largest absolute Gasteiger partial charge is 0.497 e. The van der Waals surface area contributed by atoms with Crippen molar-refractivity contribution in [3.8, 4) is 28.3 Å². The Bertz CT molecular complexity index is 1490. The van der Waals surface area contributed by atoms with E-state index in [0.717, 1.165) is 58.4 Å². The Morgan fingerprint density at radius 2 is 1.64 bits per heavy atom. The normalized spacial score (nSPS) is 13.8. The maximum absolute atomic E-state index is 12.8. The summed E-state index contributed by atoms with van der Waals surface area (Å²) in [6.45, 7) is 2.76. The molecule has 1 aliphatic rings. The molecular formula is C28H25N5O2S. The molecular weight excluding hydrogens is 470 g/mol. The van der Waals surface area contributed by atoms with Crippen molar-refractivity contribution in [2.24, 2.45) is 0 Å². The summed E-state index contributed by atoms with van der Waals surface area (Å²) in [5, 5.41) is 8.79.